The number of esters is 1. The molecule has 2 N–H and O–H groups in total. The number of nitrogens with zero attached hydrogens (tertiary/aromatic N) is 1. The summed E-state index contributed by atoms with van der Waals surface area (Å²) in [6.07, 6.45) is 1.49. The number of ketones is 1. The van der Waals surface area contributed by atoms with Gasteiger partial charge in [-0.25, -0.2) is 4.79 Å². The lowest BCUT2D eigenvalue weighted by molar-refractivity contribution is -0.143. The second-order valence-corrected chi connectivity index (χ2v) is 6.39. The molecule has 1 aromatic carbocycles. The van der Waals surface area contributed by atoms with Gasteiger partial charge >= 0.3 is 12.1 Å². The Balaban J connectivity index is 1.71. The minimum absolute atomic E-state index is 0.0407. The summed E-state index contributed by atoms with van der Waals surface area (Å²) in [5.74, 6) is -2.74. The summed E-state index contributed by atoms with van der Waals surface area (Å²) < 4.78 is 10.2. The zero-order chi connectivity index (χ0) is 22.1. The van der Waals surface area contributed by atoms with Crippen molar-refractivity contribution in [3.8, 4) is 5.75 Å². The van der Waals surface area contributed by atoms with Gasteiger partial charge in [-0.05, 0) is 24.6 Å². The molecule has 1 aliphatic rings. The van der Waals surface area contributed by atoms with Crippen molar-refractivity contribution in [1.82, 2.24) is 10.2 Å². The Morgan fingerprint density at radius 1 is 1.10 bits per heavy atom. The zero-order valence-electron chi connectivity index (χ0n) is 16.3. The lowest BCUT2D eigenvalue weighted by Gasteiger charge is -2.14. The van der Waals surface area contributed by atoms with Gasteiger partial charge in [0.1, 0.15) is 24.1 Å². The molecule has 0 saturated carbocycles. The van der Waals surface area contributed by atoms with Gasteiger partial charge in [0.05, 0.1) is 0 Å². The summed E-state index contributed by atoms with van der Waals surface area (Å²) in [7, 11) is 0. The highest BCUT2D eigenvalue weighted by molar-refractivity contribution is 6.12. The Morgan fingerprint density at radius 2 is 1.73 bits per heavy atom. The monoisotopic (exact) mass is 418 g/mol. The van der Waals surface area contributed by atoms with E-state index >= 15 is 0 Å². The van der Waals surface area contributed by atoms with Gasteiger partial charge in [0, 0.05) is 38.3 Å². The van der Waals surface area contributed by atoms with Crippen molar-refractivity contribution in [1.29, 1.82) is 0 Å². The maximum atomic E-state index is 11.9. The van der Waals surface area contributed by atoms with E-state index in [1.165, 1.54) is 19.1 Å². The van der Waals surface area contributed by atoms with E-state index in [-0.39, 0.29) is 38.5 Å². The molecule has 1 heterocycles. The van der Waals surface area contributed by atoms with Crippen molar-refractivity contribution >= 4 is 29.7 Å². The number of hydrogen-bond donors (Lipinski definition) is 2. The number of alkyl carbamates (subject to hydrolysis) is 1. The molecular weight excluding hydrogens is 396 g/mol. The molecule has 1 unspecified atom stereocenters. The van der Waals surface area contributed by atoms with Crippen LogP contribution in [0.25, 0.3) is 0 Å². The fourth-order valence-corrected chi connectivity index (χ4v) is 2.44. The van der Waals surface area contributed by atoms with Crippen LogP contribution in [0.15, 0.2) is 36.4 Å². The summed E-state index contributed by atoms with van der Waals surface area (Å²) in [5.41, 5.74) is 0.628. The van der Waals surface area contributed by atoms with Crippen molar-refractivity contribution in [3.63, 3.8) is 0 Å². The number of Topliss-reactive ketones (excluding diaryl/α,β-unsaturated/α-hetero) is 1. The molecule has 0 aromatic heterocycles. The van der Waals surface area contributed by atoms with E-state index in [2.05, 4.69) is 5.32 Å². The van der Waals surface area contributed by atoms with Crippen molar-refractivity contribution in [3.05, 3.63) is 42.0 Å². The summed E-state index contributed by atoms with van der Waals surface area (Å²) in [6, 6.07) is 6.16. The van der Waals surface area contributed by atoms with Crippen LogP contribution < -0.4 is 10.1 Å². The van der Waals surface area contributed by atoms with Crippen LogP contribution in [0.2, 0.25) is 0 Å². The Morgan fingerprint density at radius 3 is 2.33 bits per heavy atom. The molecule has 1 atom stereocenters. The van der Waals surface area contributed by atoms with E-state index in [1.54, 1.807) is 12.1 Å². The molecule has 10 heteroatoms. The van der Waals surface area contributed by atoms with Crippen LogP contribution in [0.3, 0.4) is 0 Å². The van der Waals surface area contributed by atoms with Crippen molar-refractivity contribution in [2.45, 2.75) is 20.0 Å². The van der Waals surface area contributed by atoms with Crippen molar-refractivity contribution in [2.75, 3.05) is 19.7 Å². The average Bonchev–Trinajstić information content (AvgIpc) is 3.05. The third-order valence-corrected chi connectivity index (χ3v) is 4.21. The molecule has 0 saturated heterocycles. The first-order valence-corrected chi connectivity index (χ1v) is 9.20. The SMILES string of the molecule is CC(C(=O)CCO)C(=O)Oc1ccc(COC(=O)NCCN2C(=O)C=CC2=O)cc1. The maximum Gasteiger partial charge on any atom is 0.407 e. The van der Waals surface area contributed by atoms with E-state index in [1.807, 2.05) is 0 Å². The van der Waals surface area contributed by atoms with Crippen LogP contribution in [0, 0.1) is 5.92 Å². The van der Waals surface area contributed by atoms with Crippen LogP contribution in [0.5, 0.6) is 5.75 Å². The minimum atomic E-state index is -0.981. The predicted molar refractivity (Wildman–Crippen MR) is 102 cm³/mol. The number of ether oxygens (including phenoxy) is 2. The Bertz CT molecular complexity index is 829. The fourth-order valence-electron chi connectivity index (χ4n) is 2.44. The molecule has 0 radical (unpaired) electrons. The van der Waals surface area contributed by atoms with E-state index in [9.17, 15) is 24.0 Å². The Kier molecular flexibility index (Phi) is 8.24. The number of nitrogens with one attached hydrogen (secondary N) is 1. The highest BCUT2D eigenvalue weighted by Crippen LogP contribution is 2.15. The number of hydrogen-bond acceptors (Lipinski definition) is 8. The molecule has 0 aliphatic carbocycles. The van der Waals surface area contributed by atoms with Gasteiger partial charge in [-0.3, -0.25) is 24.1 Å². The molecule has 0 spiro atoms. The highest BCUT2D eigenvalue weighted by atomic mass is 16.5. The zero-order valence-corrected chi connectivity index (χ0v) is 16.3. The first-order chi connectivity index (χ1) is 14.3. The third-order valence-electron chi connectivity index (χ3n) is 4.21. The summed E-state index contributed by atoms with van der Waals surface area (Å²) in [4.78, 5) is 59.0. The number of amides is 3. The van der Waals surface area contributed by atoms with Gasteiger partial charge in [-0.15, -0.1) is 0 Å². The third kappa shape index (κ3) is 6.52. The van der Waals surface area contributed by atoms with Gasteiger partial charge in [0.25, 0.3) is 11.8 Å². The number of carbonyl (C=O) groups excluding carboxylic acids is 5. The van der Waals surface area contributed by atoms with Gasteiger partial charge in [-0.1, -0.05) is 12.1 Å². The topological polar surface area (TPSA) is 139 Å². The van der Waals surface area contributed by atoms with Gasteiger partial charge in [0.15, 0.2) is 0 Å². The molecule has 0 bridgehead atoms. The molecule has 1 aromatic rings. The van der Waals surface area contributed by atoms with Crippen LogP contribution in [-0.4, -0.2) is 59.4 Å². The van der Waals surface area contributed by atoms with Gasteiger partial charge in [0.2, 0.25) is 0 Å². The normalized spacial score (nSPS) is 13.9. The lowest BCUT2D eigenvalue weighted by atomic mass is 10.0. The van der Waals surface area contributed by atoms with E-state index in [4.69, 9.17) is 14.6 Å². The first-order valence-electron chi connectivity index (χ1n) is 9.20. The fraction of sp³-hybridized carbons (Fsp3) is 0.350. The Hall–Kier alpha value is -3.53. The van der Waals surface area contributed by atoms with Gasteiger partial charge < -0.3 is 19.9 Å². The van der Waals surface area contributed by atoms with Crippen LogP contribution in [0.1, 0.15) is 18.9 Å². The molecule has 30 heavy (non-hydrogen) atoms. The van der Waals surface area contributed by atoms with Gasteiger partial charge in [-0.2, -0.15) is 0 Å². The molecular formula is C20H22N2O8. The Labute approximate surface area is 172 Å². The average molecular weight is 418 g/mol. The van der Waals surface area contributed by atoms with E-state index < -0.39 is 35.6 Å². The number of aliphatic hydroxyl groups excluding tert-OH is 1. The predicted octanol–water partition coefficient (Wildman–Crippen LogP) is 0.331. The highest BCUT2D eigenvalue weighted by Gasteiger charge is 2.23. The first kappa shape index (κ1) is 22.8. The number of imide groups is 1. The van der Waals surface area contributed by atoms with E-state index in [0.717, 1.165) is 17.1 Å². The summed E-state index contributed by atoms with van der Waals surface area (Å²) >= 11 is 0. The smallest absolute Gasteiger partial charge is 0.407 e. The van der Waals surface area contributed by atoms with Crippen LogP contribution in [-0.2, 0) is 30.5 Å². The minimum Gasteiger partial charge on any atom is -0.445 e. The molecule has 2 rings (SSSR count). The number of aliphatic hydroxyl groups is 1. The number of carbonyl (C=O) groups is 5. The van der Waals surface area contributed by atoms with Crippen LogP contribution >= 0.6 is 0 Å². The number of rotatable bonds is 10. The quantitative estimate of drug-likeness (QED) is 0.240. The number of benzene rings is 1. The summed E-state index contributed by atoms with van der Waals surface area (Å²) in [5, 5.41) is 11.2. The van der Waals surface area contributed by atoms with Crippen LogP contribution in [0.4, 0.5) is 4.79 Å². The largest absolute Gasteiger partial charge is 0.445 e. The van der Waals surface area contributed by atoms with Crippen molar-refractivity contribution < 1.29 is 38.6 Å². The van der Waals surface area contributed by atoms with Crippen molar-refractivity contribution in [2.24, 2.45) is 5.92 Å². The standard InChI is InChI=1S/C20H22N2O8/c1-13(16(24)8-11-23)19(27)30-15-4-2-14(3-5-15)12-29-20(28)21-9-10-22-17(25)6-7-18(22)26/h2-7,13,23H,8-12H2,1H3,(H,21,28). The molecule has 160 valence electrons. The second-order valence-electron chi connectivity index (χ2n) is 6.39. The van der Waals surface area contributed by atoms with E-state index in [0.29, 0.717) is 5.56 Å². The lowest BCUT2D eigenvalue weighted by Crippen LogP contribution is -2.38. The molecule has 1 aliphatic heterocycles. The molecule has 0 fully saturated rings. The second kappa shape index (κ2) is 10.9. The summed E-state index contributed by atoms with van der Waals surface area (Å²) in [6.45, 7) is 1.13. The molecule has 3 amide bonds. The molecule has 10 nitrogen and oxygen atoms in total. The maximum absolute atomic E-state index is 11.9.